The molecule has 0 saturated heterocycles. The molecule has 0 unspecified atom stereocenters. The number of aromatic nitrogens is 2. The van der Waals surface area contributed by atoms with Gasteiger partial charge in [-0.15, -0.1) is 0 Å². The maximum Gasteiger partial charge on any atom is 0.0992 e. The van der Waals surface area contributed by atoms with E-state index >= 15 is 0 Å². The second kappa shape index (κ2) is 6.26. The molecular formula is C14H15ClN4. The maximum atomic E-state index is 8.87. The number of halogens is 1. The summed E-state index contributed by atoms with van der Waals surface area (Å²) in [6, 6.07) is 7.27. The van der Waals surface area contributed by atoms with E-state index in [9.17, 15) is 0 Å². The van der Waals surface area contributed by atoms with Crippen molar-refractivity contribution in [1.82, 2.24) is 9.78 Å². The van der Waals surface area contributed by atoms with Crippen LogP contribution >= 0.6 is 11.6 Å². The first-order valence-corrected chi connectivity index (χ1v) is 6.55. The summed E-state index contributed by atoms with van der Waals surface area (Å²) in [6.07, 6.45) is 4.91. The van der Waals surface area contributed by atoms with Crippen LogP contribution in [0.5, 0.6) is 0 Å². The molecule has 0 aliphatic heterocycles. The number of nitrogens with zero attached hydrogens (tertiary/aromatic N) is 3. The SMILES string of the molecule is CCCn1cc(CNc2cc(C#N)ccc2Cl)cn1. The van der Waals surface area contributed by atoms with Crippen LogP contribution in [0.2, 0.25) is 5.02 Å². The number of benzene rings is 1. The van der Waals surface area contributed by atoms with E-state index in [4.69, 9.17) is 16.9 Å². The standard InChI is InChI=1S/C14H15ClN4/c1-2-5-19-10-12(9-18-19)8-17-14-6-11(7-16)3-4-13(14)15/h3-4,6,9-10,17H,2,5,8H2,1H3. The van der Waals surface area contributed by atoms with Gasteiger partial charge in [-0.25, -0.2) is 0 Å². The molecule has 4 nitrogen and oxygen atoms in total. The number of anilines is 1. The van der Waals surface area contributed by atoms with Crippen molar-refractivity contribution in [2.24, 2.45) is 0 Å². The Kier molecular flexibility index (Phi) is 4.43. The van der Waals surface area contributed by atoms with Gasteiger partial charge in [0.05, 0.1) is 28.5 Å². The van der Waals surface area contributed by atoms with Crippen molar-refractivity contribution in [3.8, 4) is 6.07 Å². The lowest BCUT2D eigenvalue weighted by atomic mass is 10.2. The number of hydrogen-bond donors (Lipinski definition) is 1. The van der Waals surface area contributed by atoms with Crippen LogP contribution in [0.15, 0.2) is 30.6 Å². The largest absolute Gasteiger partial charge is 0.380 e. The average molecular weight is 275 g/mol. The Morgan fingerprint density at radius 3 is 3.05 bits per heavy atom. The molecule has 19 heavy (non-hydrogen) atoms. The Morgan fingerprint density at radius 2 is 2.32 bits per heavy atom. The first kappa shape index (κ1) is 13.4. The van der Waals surface area contributed by atoms with E-state index < -0.39 is 0 Å². The molecule has 0 bridgehead atoms. The van der Waals surface area contributed by atoms with E-state index in [1.807, 2.05) is 17.1 Å². The predicted octanol–water partition coefficient (Wildman–Crippen LogP) is 3.43. The number of aryl methyl sites for hydroxylation is 1. The summed E-state index contributed by atoms with van der Waals surface area (Å²) in [5, 5.41) is 17.0. The van der Waals surface area contributed by atoms with E-state index in [1.165, 1.54) is 0 Å². The van der Waals surface area contributed by atoms with E-state index in [-0.39, 0.29) is 0 Å². The van der Waals surface area contributed by atoms with Gasteiger partial charge in [0.25, 0.3) is 0 Å². The molecule has 5 heteroatoms. The molecule has 0 atom stereocenters. The van der Waals surface area contributed by atoms with Gasteiger partial charge >= 0.3 is 0 Å². The highest BCUT2D eigenvalue weighted by molar-refractivity contribution is 6.33. The zero-order valence-corrected chi connectivity index (χ0v) is 11.5. The fraction of sp³-hybridized carbons (Fsp3) is 0.286. The quantitative estimate of drug-likeness (QED) is 0.909. The first-order chi connectivity index (χ1) is 9.22. The van der Waals surface area contributed by atoms with Crippen molar-refractivity contribution >= 4 is 17.3 Å². The van der Waals surface area contributed by atoms with E-state index in [0.717, 1.165) is 24.2 Å². The molecule has 1 aromatic heterocycles. The molecule has 0 saturated carbocycles. The van der Waals surface area contributed by atoms with Crippen LogP contribution < -0.4 is 5.32 Å². The fourth-order valence-corrected chi connectivity index (χ4v) is 1.96. The van der Waals surface area contributed by atoms with Gasteiger partial charge < -0.3 is 5.32 Å². The minimum absolute atomic E-state index is 0.591. The zero-order valence-electron chi connectivity index (χ0n) is 10.7. The molecule has 98 valence electrons. The van der Waals surface area contributed by atoms with Gasteiger partial charge in [-0.05, 0) is 24.6 Å². The van der Waals surface area contributed by atoms with Crippen molar-refractivity contribution in [3.63, 3.8) is 0 Å². The Bertz CT molecular complexity index is 598. The Balaban J connectivity index is 2.03. The van der Waals surface area contributed by atoms with Gasteiger partial charge in [0, 0.05) is 24.8 Å². The molecule has 1 N–H and O–H groups in total. The van der Waals surface area contributed by atoms with Crippen molar-refractivity contribution in [3.05, 3.63) is 46.7 Å². The number of nitriles is 1. The van der Waals surface area contributed by atoms with Crippen LogP contribution in [0, 0.1) is 11.3 Å². The molecule has 0 spiro atoms. The van der Waals surface area contributed by atoms with Gasteiger partial charge in [0.2, 0.25) is 0 Å². The lowest BCUT2D eigenvalue weighted by Gasteiger charge is -2.07. The average Bonchev–Trinajstić information content (AvgIpc) is 2.86. The first-order valence-electron chi connectivity index (χ1n) is 6.17. The van der Waals surface area contributed by atoms with Gasteiger partial charge in [-0.3, -0.25) is 4.68 Å². The van der Waals surface area contributed by atoms with Crippen molar-refractivity contribution in [2.75, 3.05) is 5.32 Å². The predicted molar refractivity (Wildman–Crippen MR) is 76.0 cm³/mol. The lowest BCUT2D eigenvalue weighted by molar-refractivity contribution is 0.602. The van der Waals surface area contributed by atoms with E-state index in [1.54, 1.807) is 18.2 Å². The summed E-state index contributed by atoms with van der Waals surface area (Å²) >= 11 is 6.08. The number of hydrogen-bond acceptors (Lipinski definition) is 3. The molecule has 0 radical (unpaired) electrons. The molecule has 1 heterocycles. The maximum absolute atomic E-state index is 8.87. The minimum Gasteiger partial charge on any atom is -0.380 e. The topological polar surface area (TPSA) is 53.6 Å². The molecular weight excluding hydrogens is 260 g/mol. The summed E-state index contributed by atoms with van der Waals surface area (Å²) in [5.74, 6) is 0. The molecule has 0 fully saturated rings. The third-order valence-electron chi connectivity index (χ3n) is 2.72. The summed E-state index contributed by atoms with van der Waals surface area (Å²) in [5.41, 5.74) is 2.45. The summed E-state index contributed by atoms with van der Waals surface area (Å²) in [7, 11) is 0. The third-order valence-corrected chi connectivity index (χ3v) is 3.05. The fourth-order valence-electron chi connectivity index (χ4n) is 1.78. The number of nitrogens with one attached hydrogen (secondary N) is 1. The third kappa shape index (κ3) is 3.49. The highest BCUT2D eigenvalue weighted by Crippen LogP contribution is 2.23. The highest BCUT2D eigenvalue weighted by Gasteiger charge is 2.03. The highest BCUT2D eigenvalue weighted by atomic mass is 35.5. The molecule has 2 aromatic rings. The second-order valence-corrected chi connectivity index (χ2v) is 4.68. The van der Waals surface area contributed by atoms with E-state index in [2.05, 4.69) is 23.4 Å². The molecule has 1 aromatic carbocycles. The van der Waals surface area contributed by atoms with Crippen molar-refractivity contribution < 1.29 is 0 Å². The van der Waals surface area contributed by atoms with Crippen LogP contribution in [0.1, 0.15) is 24.5 Å². The molecule has 2 rings (SSSR count). The summed E-state index contributed by atoms with van der Waals surface area (Å²) in [4.78, 5) is 0. The Morgan fingerprint density at radius 1 is 1.47 bits per heavy atom. The van der Waals surface area contributed by atoms with Gasteiger partial charge in [0.1, 0.15) is 0 Å². The monoisotopic (exact) mass is 274 g/mol. The minimum atomic E-state index is 0.591. The van der Waals surface area contributed by atoms with Crippen LogP contribution in [0.25, 0.3) is 0 Å². The van der Waals surface area contributed by atoms with Gasteiger partial charge in [0.15, 0.2) is 0 Å². The van der Waals surface area contributed by atoms with Crippen molar-refractivity contribution in [1.29, 1.82) is 5.26 Å². The Labute approximate surface area is 117 Å². The van der Waals surface area contributed by atoms with Crippen LogP contribution in [0.3, 0.4) is 0 Å². The molecule has 0 amide bonds. The van der Waals surface area contributed by atoms with Gasteiger partial charge in [-0.2, -0.15) is 10.4 Å². The van der Waals surface area contributed by atoms with Gasteiger partial charge in [-0.1, -0.05) is 18.5 Å². The molecule has 0 aliphatic rings. The molecule has 0 aliphatic carbocycles. The van der Waals surface area contributed by atoms with Crippen LogP contribution in [-0.2, 0) is 13.1 Å². The summed E-state index contributed by atoms with van der Waals surface area (Å²) < 4.78 is 1.92. The van der Waals surface area contributed by atoms with Crippen molar-refractivity contribution in [2.45, 2.75) is 26.4 Å². The van der Waals surface area contributed by atoms with E-state index in [0.29, 0.717) is 17.1 Å². The van der Waals surface area contributed by atoms with Crippen LogP contribution in [-0.4, -0.2) is 9.78 Å². The smallest absolute Gasteiger partial charge is 0.0992 e. The lowest BCUT2D eigenvalue weighted by Crippen LogP contribution is -2.00. The second-order valence-electron chi connectivity index (χ2n) is 4.27. The Hall–Kier alpha value is -1.99. The van der Waals surface area contributed by atoms with Crippen LogP contribution in [0.4, 0.5) is 5.69 Å². The summed E-state index contributed by atoms with van der Waals surface area (Å²) in [6.45, 7) is 3.68. The number of rotatable bonds is 5. The normalized spacial score (nSPS) is 10.2. The zero-order chi connectivity index (χ0) is 13.7.